The summed E-state index contributed by atoms with van der Waals surface area (Å²) in [6, 6.07) is 33.3. The third kappa shape index (κ3) is 3.12. The molecule has 1 heteroatoms. The van der Waals surface area contributed by atoms with Crippen LogP contribution in [0.3, 0.4) is 0 Å². The molecule has 0 saturated carbocycles. The highest BCUT2D eigenvalue weighted by atomic mass is 15.4. The van der Waals surface area contributed by atoms with Gasteiger partial charge in [-0.3, -0.25) is 0 Å². The monoisotopic (exact) mass is 330 g/mol. The minimum Gasteiger partial charge on any atom is -0.224 e. The van der Waals surface area contributed by atoms with E-state index >= 15 is 0 Å². The summed E-state index contributed by atoms with van der Waals surface area (Å²) in [5, 5.41) is 0. The third-order valence-corrected chi connectivity index (χ3v) is 5.18. The van der Waals surface area contributed by atoms with Gasteiger partial charge in [-0.25, -0.2) is 4.48 Å². The zero-order chi connectivity index (χ0) is 17.7. The lowest BCUT2D eigenvalue weighted by Gasteiger charge is -2.45. The van der Waals surface area contributed by atoms with Crippen molar-refractivity contribution >= 4 is 17.1 Å². The van der Waals surface area contributed by atoms with Crippen LogP contribution >= 0.6 is 0 Å². The van der Waals surface area contributed by atoms with Crippen molar-refractivity contribution in [3.63, 3.8) is 0 Å². The maximum absolute atomic E-state index is 2.34. The van der Waals surface area contributed by atoms with Gasteiger partial charge in [-0.05, 0) is 42.8 Å². The largest absolute Gasteiger partial charge is 0.224 e. The van der Waals surface area contributed by atoms with E-state index in [9.17, 15) is 0 Å². The van der Waals surface area contributed by atoms with Crippen LogP contribution < -0.4 is 4.48 Å². The van der Waals surface area contributed by atoms with E-state index in [1.165, 1.54) is 17.1 Å². The van der Waals surface area contributed by atoms with E-state index in [1.807, 2.05) is 0 Å². The predicted molar refractivity (Wildman–Crippen MR) is 109 cm³/mol. The van der Waals surface area contributed by atoms with E-state index in [-0.39, 0.29) is 0 Å². The van der Waals surface area contributed by atoms with Gasteiger partial charge in [0, 0.05) is 5.92 Å². The summed E-state index contributed by atoms with van der Waals surface area (Å²) < 4.78 is 0.761. The third-order valence-electron chi connectivity index (χ3n) is 5.18. The molecular weight excluding hydrogens is 302 g/mol. The van der Waals surface area contributed by atoms with Crippen LogP contribution in [-0.2, 0) is 0 Å². The van der Waals surface area contributed by atoms with Crippen molar-refractivity contribution in [1.82, 2.24) is 4.48 Å². The number of benzene rings is 3. The van der Waals surface area contributed by atoms with Crippen molar-refractivity contribution in [2.45, 2.75) is 33.2 Å². The molecule has 0 aliphatic rings. The molecule has 0 fully saturated rings. The first-order chi connectivity index (χ1) is 12.2. The molecule has 3 aromatic rings. The van der Waals surface area contributed by atoms with E-state index < -0.39 is 0 Å². The van der Waals surface area contributed by atoms with Crippen LogP contribution in [0.1, 0.15) is 27.2 Å². The van der Waals surface area contributed by atoms with Crippen molar-refractivity contribution in [1.29, 1.82) is 0 Å². The van der Waals surface area contributed by atoms with E-state index in [1.54, 1.807) is 0 Å². The van der Waals surface area contributed by atoms with Gasteiger partial charge in [-0.2, -0.15) is 0 Å². The van der Waals surface area contributed by atoms with Gasteiger partial charge >= 0.3 is 0 Å². The molecule has 0 aliphatic carbocycles. The maximum atomic E-state index is 2.34. The second-order valence-electron chi connectivity index (χ2n) is 6.95. The molecule has 1 unspecified atom stereocenters. The Hall–Kier alpha value is -2.38. The van der Waals surface area contributed by atoms with Gasteiger partial charge < -0.3 is 0 Å². The summed E-state index contributed by atoms with van der Waals surface area (Å²) in [6.07, 6.45) is 1.11. The fourth-order valence-electron chi connectivity index (χ4n) is 4.20. The van der Waals surface area contributed by atoms with E-state index in [2.05, 4.69) is 112 Å². The Morgan fingerprint density at radius 1 is 0.600 bits per heavy atom. The minimum atomic E-state index is 0.451. The molecule has 25 heavy (non-hydrogen) atoms. The molecule has 128 valence electrons. The van der Waals surface area contributed by atoms with Crippen LogP contribution in [0.25, 0.3) is 0 Å². The summed E-state index contributed by atoms with van der Waals surface area (Å²) in [6.45, 7) is 7.00. The lowest BCUT2D eigenvalue weighted by molar-refractivity contribution is 0.291. The maximum Gasteiger partial charge on any atom is 0.143 e. The van der Waals surface area contributed by atoms with Crippen molar-refractivity contribution in [2.75, 3.05) is 0 Å². The van der Waals surface area contributed by atoms with Crippen molar-refractivity contribution in [3.05, 3.63) is 91.0 Å². The first-order valence-electron chi connectivity index (χ1n) is 9.26. The fourth-order valence-corrected chi connectivity index (χ4v) is 4.20. The Kier molecular flexibility index (Phi) is 5.35. The summed E-state index contributed by atoms with van der Waals surface area (Å²) >= 11 is 0. The van der Waals surface area contributed by atoms with Crippen LogP contribution in [-0.4, -0.2) is 6.04 Å². The number of para-hydroxylation sites is 3. The Balaban J connectivity index is 2.40. The molecule has 0 bridgehead atoms. The van der Waals surface area contributed by atoms with Gasteiger partial charge in [0.15, 0.2) is 0 Å². The van der Waals surface area contributed by atoms with Crippen LogP contribution in [0.4, 0.5) is 17.1 Å². The first kappa shape index (κ1) is 17.4. The molecule has 1 atom stereocenters. The first-order valence-corrected chi connectivity index (χ1v) is 9.26. The fraction of sp³-hybridized carbons (Fsp3) is 0.250. The molecule has 0 spiro atoms. The lowest BCUT2D eigenvalue weighted by atomic mass is 9.92. The molecule has 0 N–H and O–H groups in total. The smallest absolute Gasteiger partial charge is 0.143 e. The quantitative estimate of drug-likeness (QED) is 0.423. The Bertz CT molecular complexity index is 666. The van der Waals surface area contributed by atoms with Crippen LogP contribution in [0.15, 0.2) is 91.0 Å². The van der Waals surface area contributed by atoms with Crippen molar-refractivity contribution in [2.24, 2.45) is 5.92 Å². The Labute approximate surface area is 152 Å². The molecule has 1 nitrogen and oxygen atoms in total. The predicted octanol–water partition coefficient (Wildman–Crippen LogP) is 7.09. The molecule has 0 aromatic heterocycles. The highest BCUT2D eigenvalue weighted by Crippen LogP contribution is 2.48. The van der Waals surface area contributed by atoms with Gasteiger partial charge in [0.1, 0.15) is 23.1 Å². The van der Waals surface area contributed by atoms with E-state index in [0.717, 1.165) is 10.9 Å². The topological polar surface area (TPSA) is 0 Å². The summed E-state index contributed by atoms with van der Waals surface area (Å²) in [4.78, 5) is 0. The molecule has 0 heterocycles. The average molecular weight is 330 g/mol. The van der Waals surface area contributed by atoms with Gasteiger partial charge in [-0.1, -0.05) is 75.4 Å². The second-order valence-corrected chi connectivity index (χ2v) is 6.95. The van der Waals surface area contributed by atoms with E-state index in [4.69, 9.17) is 0 Å². The number of hydrogen-bond donors (Lipinski definition) is 0. The zero-order valence-electron chi connectivity index (χ0n) is 15.5. The van der Waals surface area contributed by atoms with Gasteiger partial charge in [0.25, 0.3) is 0 Å². The summed E-state index contributed by atoms with van der Waals surface area (Å²) in [5.41, 5.74) is 3.96. The Morgan fingerprint density at radius 3 is 1.16 bits per heavy atom. The van der Waals surface area contributed by atoms with Crippen molar-refractivity contribution < 1.29 is 0 Å². The van der Waals surface area contributed by atoms with Crippen LogP contribution in [0.5, 0.6) is 0 Å². The van der Waals surface area contributed by atoms with Gasteiger partial charge in [0.05, 0.1) is 0 Å². The molecular formula is C24H28N+. The lowest BCUT2D eigenvalue weighted by Crippen LogP contribution is -2.50. The highest BCUT2D eigenvalue weighted by Gasteiger charge is 2.44. The normalized spacial score (nSPS) is 13.0. The zero-order valence-corrected chi connectivity index (χ0v) is 15.5. The standard InChI is InChI=1S/C24H28N/c1-4-24(20(2)3)25(21-14-8-5-9-15-21,22-16-10-6-11-17-22)23-18-12-7-13-19-23/h5-20,24H,4H2,1-3H3/q+1. The van der Waals surface area contributed by atoms with E-state index in [0.29, 0.717) is 12.0 Å². The van der Waals surface area contributed by atoms with Gasteiger partial charge in [-0.15, -0.1) is 0 Å². The molecule has 0 radical (unpaired) electrons. The molecule has 0 aliphatic heterocycles. The number of nitrogens with zero attached hydrogens (tertiary/aromatic N) is 1. The number of quaternary nitrogens is 1. The van der Waals surface area contributed by atoms with Crippen molar-refractivity contribution in [3.8, 4) is 0 Å². The molecule has 3 rings (SSSR count). The Morgan fingerprint density at radius 2 is 0.920 bits per heavy atom. The number of rotatable bonds is 6. The molecule has 0 amide bonds. The molecule has 3 aromatic carbocycles. The average Bonchev–Trinajstić information content (AvgIpc) is 2.68. The number of hydrogen-bond acceptors (Lipinski definition) is 0. The van der Waals surface area contributed by atoms with Crippen LogP contribution in [0.2, 0.25) is 0 Å². The molecule has 0 saturated heterocycles. The highest BCUT2D eigenvalue weighted by molar-refractivity contribution is 5.71. The minimum absolute atomic E-state index is 0.451. The van der Waals surface area contributed by atoms with Gasteiger partial charge in [0.2, 0.25) is 0 Å². The summed E-state index contributed by atoms with van der Waals surface area (Å²) in [5.74, 6) is 0.547. The second kappa shape index (κ2) is 7.67. The van der Waals surface area contributed by atoms with Crippen LogP contribution in [0, 0.1) is 5.92 Å². The summed E-state index contributed by atoms with van der Waals surface area (Å²) in [7, 11) is 0. The SMILES string of the molecule is CCC(C(C)C)[N+](c1ccccc1)(c1ccccc1)c1ccccc1.